The first-order chi connectivity index (χ1) is 12.3. The lowest BCUT2D eigenvalue weighted by atomic mass is 10.1. The van der Waals surface area contributed by atoms with Crippen LogP contribution < -0.4 is 5.32 Å². The third kappa shape index (κ3) is 2.75. The summed E-state index contributed by atoms with van der Waals surface area (Å²) in [4.78, 5) is 14.9. The van der Waals surface area contributed by atoms with Crippen molar-refractivity contribution in [3.05, 3.63) is 72.1 Å². The lowest BCUT2D eigenvalue weighted by molar-refractivity contribution is -0.105. The number of pyridine rings is 1. The number of anilines is 1. The van der Waals surface area contributed by atoms with Gasteiger partial charge in [-0.15, -0.1) is 0 Å². The van der Waals surface area contributed by atoms with Crippen LogP contribution in [-0.4, -0.2) is 21.2 Å². The standard InChI is InChI=1S/C19H13ClN4O/c20-19-16-4-1-5-17(22-12-25)18(16)23-24(19)15-8-6-13(7-9-15)14-3-2-10-21-11-14/h1-12H,(H,22,25). The summed E-state index contributed by atoms with van der Waals surface area (Å²) in [5, 5.41) is 8.49. The smallest absolute Gasteiger partial charge is 0.211 e. The Morgan fingerprint density at radius 2 is 1.84 bits per heavy atom. The van der Waals surface area contributed by atoms with Crippen LogP contribution in [0.5, 0.6) is 0 Å². The minimum atomic E-state index is 0.499. The first kappa shape index (κ1) is 15.4. The molecule has 2 heterocycles. The molecular formula is C19H13ClN4O. The zero-order chi connectivity index (χ0) is 17.2. The molecule has 0 radical (unpaired) electrons. The molecule has 0 fully saturated rings. The predicted octanol–water partition coefficient (Wildman–Crippen LogP) is 4.31. The fourth-order valence-electron chi connectivity index (χ4n) is 2.76. The summed E-state index contributed by atoms with van der Waals surface area (Å²) >= 11 is 6.49. The number of benzene rings is 2. The van der Waals surface area contributed by atoms with Gasteiger partial charge < -0.3 is 5.32 Å². The van der Waals surface area contributed by atoms with Gasteiger partial charge in [-0.2, -0.15) is 5.10 Å². The van der Waals surface area contributed by atoms with Crippen LogP contribution in [0, 0.1) is 0 Å². The second-order valence-electron chi connectivity index (χ2n) is 5.46. The lowest BCUT2D eigenvalue weighted by Gasteiger charge is -2.05. The van der Waals surface area contributed by atoms with Gasteiger partial charge >= 0.3 is 0 Å². The third-order valence-electron chi connectivity index (χ3n) is 3.97. The average Bonchev–Trinajstić information content (AvgIpc) is 3.01. The molecule has 1 N–H and O–H groups in total. The van der Waals surface area contributed by atoms with Gasteiger partial charge in [0.1, 0.15) is 10.7 Å². The number of hydrogen-bond donors (Lipinski definition) is 1. The molecule has 0 saturated heterocycles. The van der Waals surface area contributed by atoms with E-state index in [1.165, 1.54) is 0 Å². The molecule has 4 rings (SSSR count). The average molecular weight is 349 g/mol. The van der Waals surface area contributed by atoms with Crippen LogP contribution in [0.1, 0.15) is 0 Å². The van der Waals surface area contributed by atoms with E-state index in [0.29, 0.717) is 22.8 Å². The largest absolute Gasteiger partial charge is 0.327 e. The maximum absolute atomic E-state index is 10.8. The molecule has 0 aliphatic carbocycles. The van der Waals surface area contributed by atoms with Crippen LogP contribution in [0.4, 0.5) is 5.69 Å². The van der Waals surface area contributed by atoms with Crippen molar-refractivity contribution in [1.29, 1.82) is 0 Å². The summed E-state index contributed by atoms with van der Waals surface area (Å²) in [6.45, 7) is 0. The Morgan fingerprint density at radius 3 is 2.56 bits per heavy atom. The summed E-state index contributed by atoms with van der Waals surface area (Å²) in [6.07, 6.45) is 4.20. The fraction of sp³-hybridized carbons (Fsp3) is 0. The summed E-state index contributed by atoms with van der Waals surface area (Å²) in [5.41, 5.74) is 4.22. The molecule has 2 aromatic heterocycles. The molecule has 2 aromatic carbocycles. The highest BCUT2D eigenvalue weighted by molar-refractivity contribution is 6.35. The quantitative estimate of drug-likeness (QED) is 0.559. The van der Waals surface area contributed by atoms with Gasteiger partial charge in [0, 0.05) is 17.8 Å². The van der Waals surface area contributed by atoms with Crippen LogP contribution in [0.3, 0.4) is 0 Å². The molecule has 0 spiro atoms. The highest BCUT2D eigenvalue weighted by Gasteiger charge is 2.13. The van der Waals surface area contributed by atoms with Crippen molar-refractivity contribution < 1.29 is 4.79 Å². The number of carbonyl (C=O) groups is 1. The fourth-order valence-corrected chi connectivity index (χ4v) is 3.04. The van der Waals surface area contributed by atoms with Gasteiger partial charge in [0.05, 0.1) is 11.4 Å². The number of amides is 1. The molecule has 0 bridgehead atoms. The zero-order valence-corrected chi connectivity index (χ0v) is 13.8. The summed E-state index contributed by atoms with van der Waals surface area (Å²) in [5.74, 6) is 0. The molecule has 5 nitrogen and oxygen atoms in total. The van der Waals surface area contributed by atoms with Crippen LogP contribution >= 0.6 is 11.6 Å². The van der Waals surface area contributed by atoms with Crippen LogP contribution in [0.25, 0.3) is 27.7 Å². The number of fused-ring (bicyclic) bond motifs is 1. The zero-order valence-electron chi connectivity index (χ0n) is 13.1. The number of halogens is 1. The van der Waals surface area contributed by atoms with Crippen molar-refractivity contribution in [1.82, 2.24) is 14.8 Å². The number of rotatable bonds is 4. The van der Waals surface area contributed by atoms with E-state index in [1.54, 1.807) is 16.9 Å². The van der Waals surface area contributed by atoms with Gasteiger partial charge in [0.15, 0.2) is 0 Å². The summed E-state index contributed by atoms with van der Waals surface area (Å²) in [6, 6.07) is 17.3. The Balaban J connectivity index is 1.78. The highest BCUT2D eigenvalue weighted by atomic mass is 35.5. The number of aromatic nitrogens is 3. The van der Waals surface area contributed by atoms with Crippen molar-refractivity contribution in [2.75, 3.05) is 5.32 Å². The van der Waals surface area contributed by atoms with E-state index in [0.717, 1.165) is 22.2 Å². The molecule has 25 heavy (non-hydrogen) atoms. The lowest BCUT2D eigenvalue weighted by Crippen LogP contribution is -1.97. The second-order valence-corrected chi connectivity index (χ2v) is 5.81. The van der Waals surface area contributed by atoms with Crippen molar-refractivity contribution in [2.45, 2.75) is 0 Å². The highest BCUT2D eigenvalue weighted by Crippen LogP contribution is 2.31. The van der Waals surface area contributed by atoms with Crippen molar-refractivity contribution in [3.8, 4) is 16.8 Å². The molecular weight excluding hydrogens is 336 g/mol. The Morgan fingerprint density at radius 1 is 1.00 bits per heavy atom. The number of carbonyl (C=O) groups excluding carboxylic acids is 1. The first-order valence-electron chi connectivity index (χ1n) is 7.66. The van der Waals surface area contributed by atoms with Crippen molar-refractivity contribution in [3.63, 3.8) is 0 Å². The predicted molar refractivity (Wildman–Crippen MR) is 99.0 cm³/mol. The van der Waals surface area contributed by atoms with Gasteiger partial charge in [-0.05, 0) is 41.5 Å². The van der Waals surface area contributed by atoms with Crippen LogP contribution in [0.15, 0.2) is 67.0 Å². The van der Waals surface area contributed by atoms with Gasteiger partial charge in [0.2, 0.25) is 6.41 Å². The molecule has 122 valence electrons. The Bertz CT molecular complexity index is 1040. The van der Waals surface area contributed by atoms with E-state index in [4.69, 9.17) is 11.6 Å². The number of nitrogens with one attached hydrogen (secondary N) is 1. The van der Waals surface area contributed by atoms with E-state index in [-0.39, 0.29) is 0 Å². The van der Waals surface area contributed by atoms with Gasteiger partial charge in [-0.3, -0.25) is 9.78 Å². The Kier molecular flexibility index (Phi) is 3.91. The normalized spacial score (nSPS) is 10.8. The molecule has 0 unspecified atom stereocenters. The van der Waals surface area contributed by atoms with Gasteiger partial charge in [-0.1, -0.05) is 35.9 Å². The molecule has 6 heteroatoms. The minimum absolute atomic E-state index is 0.499. The molecule has 0 aliphatic rings. The summed E-state index contributed by atoms with van der Waals surface area (Å²) < 4.78 is 1.66. The Hall–Kier alpha value is -3.18. The summed E-state index contributed by atoms with van der Waals surface area (Å²) in [7, 11) is 0. The maximum atomic E-state index is 10.8. The first-order valence-corrected chi connectivity index (χ1v) is 8.04. The van der Waals surface area contributed by atoms with E-state index in [9.17, 15) is 4.79 Å². The molecule has 0 saturated carbocycles. The number of hydrogen-bond acceptors (Lipinski definition) is 3. The van der Waals surface area contributed by atoms with Crippen molar-refractivity contribution >= 4 is 34.6 Å². The third-order valence-corrected chi connectivity index (χ3v) is 4.33. The minimum Gasteiger partial charge on any atom is -0.327 e. The molecule has 1 amide bonds. The van der Waals surface area contributed by atoms with Crippen LogP contribution in [-0.2, 0) is 4.79 Å². The monoisotopic (exact) mass is 348 g/mol. The van der Waals surface area contributed by atoms with Crippen molar-refractivity contribution in [2.24, 2.45) is 0 Å². The van der Waals surface area contributed by atoms with Crippen LogP contribution in [0.2, 0.25) is 5.15 Å². The van der Waals surface area contributed by atoms with Gasteiger partial charge in [0.25, 0.3) is 0 Å². The molecule has 0 atom stereocenters. The Labute approximate surface area is 148 Å². The second kappa shape index (κ2) is 6.37. The maximum Gasteiger partial charge on any atom is 0.211 e. The number of nitrogens with zero attached hydrogens (tertiary/aromatic N) is 3. The van der Waals surface area contributed by atoms with E-state index >= 15 is 0 Å². The van der Waals surface area contributed by atoms with E-state index in [1.807, 2.05) is 54.7 Å². The van der Waals surface area contributed by atoms with Gasteiger partial charge in [-0.25, -0.2) is 4.68 Å². The van der Waals surface area contributed by atoms with E-state index in [2.05, 4.69) is 15.4 Å². The van der Waals surface area contributed by atoms with E-state index < -0.39 is 0 Å². The topological polar surface area (TPSA) is 59.8 Å². The SMILES string of the molecule is O=CNc1cccc2c(Cl)n(-c3ccc(-c4cccnc4)cc3)nc12. The molecule has 4 aromatic rings. The molecule has 0 aliphatic heterocycles.